The number of alkyl halides is 4. The van der Waals surface area contributed by atoms with E-state index in [1.54, 1.807) is 0 Å². The molecular weight excluding hydrogens is 220 g/mol. The van der Waals surface area contributed by atoms with Crippen LogP contribution in [-0.2, 0) is 0 Å². The van der Waals surface area contributed by atoms with Gasteiger partial charge in [-0.05, 0) is 37.5 Å². The molecule has 0 aliphatic heterocycles. The number of hydrogen-bond acceptors (Lipinski definition) is 0. The highest BCUT2D eigenvalue weighted by Crippen LogP contribution is 2.64. The summed E-state index contributed by atoms with van der Waals surface area (Å²) in [7, 11) is 0. The Kier molecular flexibility index (Phi) is 2.00. The van der Waals surface area contributed by atoms with E-state index < -0.39 is 11.8 Å². The first kappa shape index (κ1) is 10.6. The maximum Gasteiger partial charge on any atom is 0.336 e. The topological polar surface area (TPSA) is 0 Å². The van der Waals surface area contributed by atoms with Crippen molar-refractivity contribution >= 4 is 0 Å². The Labute approximate surface area is 91.7 Å². The third-order valence-corrected chi connectivity index (χ3v) is 4.39. The van der Waals surface area contributed by atoms with Crippen LogP contribution in [0.4, 0.5) is 17.6 Å². The lowest BCUT2D eigenvalue weighted by atomic mass is 9.60. The fourth-order valence-corrected chi connectivity index (χ4v) is 2.96. The highest BCUT2D eigenvalue weighted by molar-refractivity contribution is 5.47. The third-order valence-electron chi connectivity index (χ3n) is 4.39. The standard InChI is InChI=1S/C12H14F4/c13-11(14)9(7-3-1-4-7)10(12(11,15)16)8-5-2-6-8/h7-8H,1-6H2. The van der Waals surface area contributed by atoms with E-state index in [1.165, 1.54) is 0 Å². The smallest absolute Gasteiger partial charge is 0.194 e. The van der Waals surface area contributed by atoms with E-state index in [0.29, 0.717) is 25.7 Å². The molecule has 0 bridgehead atoms. The lowest BCUT2D eigenvalue weighted by Crippen LogP contribution is -2.58. The average Bonchev–Trinajstić information content (AvgIpc) is 2.03. The van der Waals surface area contributed by atoms with Gasteiger partial charge >= 0.3 is 11.8 Å². The van der Waals surface area contributed by atoms with Crippen molar-refractivity contribution in [3.8, 4) is 0 Å². The predicted molar refractivity (Wildman–Crippen MR) is 51.6 cm³/mol. The number of rotatable bonds is 2. The maximum absolute atomic E-state index is 13.4. The molecule has 2 fully saturated rings. The second-order valence-electron chi connectivity index (χ2n) is 5.23. The molecule has 0 radical (unpaired) electrons. The molecule has 0 amide bonds. The molecule has 90 valence electrons. The fraction of sp³-hybridized carbons (Fsp3) is 0.833. The van der Waals surface area contributed by atoms with E-state index in [0.717, 1.165) is 12.8 Å². The minimum Gasteiger partial charge on any atom is -0.194 e. The second-order valence-corrected chi connectivity index (χ2v) is 5.23. The highest BCUT2D eigenvalue weighted by Gasteiger charge is 2.73. The van der Waals surface area contributed by atoms with Crippen LogP contribution >= 0.6 is 0 Å². The Balaban J connectivity index is 1.98. The van der Waals surface area contributed by atoms with Gasteiger partial charge in [0.1, 0.15) is 0 Å². The van der Waals surface area contributed by atoms with Crippen molar-refractivity contribution in [3.05, 3.63) is 11.1 Å². The number of halogens is 4. The van der Waals surface area contributed by atoms with Crippen LogP contribution in [0.25, 0.3) is 0 Å². The first-order valence-corrected chi connectivity index (χ1v) is 5.97. The molecule has 3 rings (SSSR count). The molecule has 0 N–H and O–H groups in total. The highest BCUT2D eigenvalue weighted by atomic mass is 19.3. The Morgan fingerprint density at radius 3 is 1.19 bits per heavy atom. The monoisotopic (exact) mass is 234 g/mol. The first-order valence-electron chi connectivity index (χ1n) is 5.97. The summed E-state index contributed by atoms with van der Waals surface area (Å²) < 4.78 is 53.7. The van der Waals surface area contributed by atoms with Crippen molar-refractivity contribution in [3.63, 3.8) is 0 Å². The summed E-state index contributed by atoms with van der Waals surface area (Å²) in [6, 6.07) is 0. The zero-order valence-corrected chi connectivity index (χ0v) is 8.91. The lowest BCUT2D eigenvalue weighted by Gasteiger charge is -2.50. The van der Waals surface area contributed by atoms with Crippen molar-refractivity contribution in [2.75, 3.05) is 0 Å². The summed E-state index contributed by atoms with van der Waals surface area (Å²) in [5.74, 6) is -8.23. The van der Waals surface area contributed by atoms with Crippen LogP contribution in [0, 0.1) is 11.8 Å². The normalized spacial score (nSPS) is 33.0. The van der Waals surface area contributed by atoms with E-state index in [9.17, 15) is 17.6 Å². The molecular formula is C12H14F4. The van der Waals surface area contributed by atoms with E-state index in [4.69, 9.17) is 0 Å². The SMILES string of the molecule is FC1(F)C(C2CCC2)=C(C2CCC2)C1(F)F. The van der Waals surface area contributed by atoms with E-state index in [-0.39, 0.29) is 23.0 Å². The van der Waals surface area contributed by atoms with Crippen LogP contribution < -0.4 is 0 Å². The summed E-state index contributed by atoms with van der Waals surface area (Å²) in [6.07, 6.45) is 4.45. The Hall–Kier alpha value is -0.540. The Bertz CT molecular complexity index is 314. The molecule has 4 heteroatoms. The zero-order chi connectivity index (χ0) is 11.6. The maximum atomic E-state index is 13.4. The summed E-state index contributed by atoms with van der Waals surface area (Å²) in [4.78, 5) is 0. The molecule has 3 aliphatic carbocycles. The Morgan fingerprint density at radius 1 is 0.688 bits per heavy atom. The Morgan fingerprint density at radius 2 is 1.00 bits per heavy atom. The predicted octanol–water partition coefficient (Wildman–Crippen LogP) is 4.17. The largest absolute Gasteiger partial charge is 0.336 e. The van der Waals surface area contributed by atoms with Crippen molar-refractivity contribution in [1.82, 2.24) is 0 Å². The summed E-state index contributed by atoms with van der Waals surface area (Å²) in [5, 5.41) is 0. The quantitative estimate of drug-likeness (QED) is 0.497. The molecule has 0 aromatic rings. The van der Waals surface area contributed by atoms with Crippen LogP contribution in [0.5, 0.6) is 0 Å². The van der Waals surface area contributed by atoms with Gasteiger partial charge in [-0.1, -0.05) is 12.8 Å². The molecule has 16 heavy (non-hydrogen) atoms. The summed E-state index contributed by atoms with van der Waals surface area (Å²) in [6.45, 7) is 0. The van der Waals surface area contributed by atoms with Crippen molar-refractivity contribution < 1.29 is 17.6 Å². The van der Waals surface area contributed by atoms with Crippen LogP contribution in [0.15, 0.2) is 11.1 Å². The summed E-state index contributed by atoms with van der Waals surface area (Å²) in [5.41, 5.74) is -0.373. The zero-order valence-electron chi connectivity index (χ0n) is 8.91. The second kappa shape index (κ2) is 3.02. The van der Waals surface area contributed by atoms with Crippen molar-refractivity contribution in [2.45, 2.75) is 50.4 Å². The molecule has 0 heterocycles. The van der Waals surface area contributed by atoms with Crippen LogP contribution in [0.1, 0.15) is 38.5 Å². The molecule has 0 atom stereocenters. The molecule has 0 spiro atoms. The molecule has 2 saturated carbocycles. The van der Waals surface area contributed by atoms with Crippen LogP contribution in [-0.4, -0.2) is 11.8 Å². The van der Waals surface area contributed by atoms with E-state index in [1.807, 2.05) is 0 Å². The van der Waals surface area contributed by atoms with Crippen molar-refractivity contribution in [1.29, 1.82) is 0 Å². The third kappa shape index (κ3) is 1.06. The molecule has 0 aromatic carbocycles. The van der Waals surface area contributed by atoms with Gasteiger partial charge in [0.15, 0.2) is 0 Å². The van der Waals surface area contributed by atoms with Crippen LogP contribution in [0.2, 0.25) is 0 Å². The minimum absolute atomic E-state index is 0.187. The molecule has 0 nitrogen and oxygen atoms in total. The molecule has 3 aliphatic rings. The fourth-order valence-electron chi connectivity index (χ4n) is 2.96. The van der Waals surface area contributed by atoms with Gasteiger partial charge < -0.3 is 0 Å². The van der Waals surface area contributed by atoms with Crippen LogP contribution in [0.3, 0.4) is 0 Å². The van der Waals surface area contributed by atoms with Gasteiger partial charge in [-0.3, -0.25) is 0 Å². The number of allylic oxidation sites excluding steroid dienone is 2. The van der Waals surface area contributed by atoms with Gasteiger partial charge in [0.25, 0.3) is 0 Å². The molecule has 0 saturated heterocycles. The first-order chi connectivity index (χ1) is 7.46. The number of hydrogen-bond donors (Lipinski definition) is 0. The lowest BCUT2D eigenvalue weighted by molar-refractivity contribution is -0.206. The molecule has 0 unspecified atom stereocenters. The van der Waals surface area contributed by atoms with Gasteiger partial charge in [-0.15, -0.1) is 0 Å². The van der Waals surface area contributed by atoms with Gasteiger partial charge in [-0.2, -0.15) is 17.6 Å². The van der Waals surface area contributed by atoms with Gasteiger partial charge in [0.2, 0.25) is 0 Å². The molecule has 0 aromatic heterocycles. The van der Waals surface area contributed by atoms with Gasteiger partial charge in [0, 0.05) is 11.1 Å². The van der Waals surface area contributed by atoms with Crippen molar-refractivity contribution in [2.24, 2.45) is 11.8 Å². The average molecular weight is 234 g/mol. The van der Waals surface area contributed by atoms with Gasteiger partial charge in [0.05, 0.1) is 0 Å². The van der Waals surface area contributed by atoms with E-state index in [2.05, 4.69) is 0 Å². The van der Waals surface area contributed by atoms with Gasteiger partial charge in [-0.25, -0.2) is 0 Å². The van der Waals surface area contributed by atoms with E-state index >= 15 is 0 Å². The summed E-state index contributed by atoms with van der Waals surface area (Å²) >= 11 is 0. The minimum atomic E-state index is -3.86.